The number of aromatic hydroxyl groups is 1. The van der Waals surface area contributed by atoms with Crippen molar-refractivity contribution in [2.24, 2.45) is 0 Å². The highest BCUT2D eigenvalue weighted by Crippen LogP contribution is 2.32. The van der Waals surface area contributed by atoms with Crippen molar-refractivity contribution < 1.29 is 32.2 Å². The molecule has 8 heteroatoms. The molecule has 0 aliphatic heterocycles. The first-order valence-electron chi connectivity index (χ1n) is 6.79. The Morgan fingerprint density at radius 3 is 2.33 bits per heavy atom. The summed E-state index contributed by atoms with van der Waals surface area (Å²) in [5.41, 5.74) is -0.306. The third-order valence-corrected chi connectivity index (χ3v) is 3.06. The number of amides is 1. The van der Waals surface area contributed by atoms with Gasteiger partial charge < -0.3 is 15.2 Å². The van der Waals surface area contributed by atoms with Gasteiger partial charge in [0, 0.05) is 0 Å². The van der Waals surface area contributed by atoms with Gasteiger partial charge in [-0.25, -0.2) is 4.39 Å². The van der Waals surface area contributed by atoms with Crippen molar-refractivity contribution >= 4 is 5.91 Å². The molecule has 0 bridgehead atoms. The van der Waals surface area contributed by atoms with E-state index in [-0.39, 0.29) is 17.1 Å². The number of hydrogen-bond donors (Lipinski definition) is 2. The monoisotopic (exact) mass is 343 g/mol. The van der Waals surface area contributed by atoms with Gasteiger partial charge in [-0.05, 0) is 29.8 Å². The predicted octanol–water partition coefficient (Wildman–Crippen LogP) is 3.33. The Balaban J connectivity index is 2.05. The van der Waals surface area contributed by atoms with Gasteiger partial charge in [-0.2, -0.15) is 13.2 Å². The fourth-order valence-corrected chi connectivity index (χ4v) is 1.93. The van der Waals surface area contributed by atoms with Crippen LogP contribution in [-0.2, 0) is 4.79 Å². The summed E-state index contributed by atoms with van der Waals surface area (Å²) in [6.45, 7) is -0.717. The summed E-state index contributed by atoms with van der Waals surface area (Å²) >= 11 is 0. The van der Waals surface area contributed by atoms with Crippen molar-refractivity contribution in [3.05, 3.63) is 59.9 Å². The Morgan fingerprint density at radius 2 is 1.75 bits per heavy atom. The zero-order valence-electron chi connectivity index (χ0n) is 12.2. The minimum absolute atomic E-state index is 0.0296. The predicted molar refractivity (Wildman–Crippen MR) is 76.9 cm³/mol. The molecular weight excluding hydrogens is 330 g/mol. The maximum atomic E-state index is 13.1. The molecule has 2 aromatic rings. The lowest BCUT2D eigenvalue weighted by molar-refractivity contribution is -0.164. The second kappa shape index (κ2) is 7.20. The standard InChI is InChI=1S/C16H13F4NO3/c17-11-7-5-10(6-8-11)15(16(18,19)20)21-14(23)9-24-13-4-2-1-3-12(13)22/h1-8,15,22H,9H2,(H,21,23)/t15-/m0/s1. The zero-order valence-corrected chi connectivity index (χ0v) is 12.2. The quantitative estimate of drug-likeness (QED) is 0.819. The lowest BCUT2D eigenvalue weighted by atomic mass is 10.1. The van der Waals surface area contributed by atoms with Crippen LogP contribution in [0.15, 0.2) is 48.5 Å². The van der Waals surface area contributed by atoms with Crippen LogP contribution in [0, 0.1) is 5.82 Å². The average Bonchev–Trinajstić information content (AvgIpc) is 2.52. The summed E-state index contributed by atoms with van der Waals surface area (Å²) in [5.74, 6) is -1.99. The van der Waals surface area contributed by atoms with Gasteiger partial charge in [0.1, 0.15) is 5.82 Å². The summed E-state index contributed by atoms with van der Waals surface area (Å²) in [7, 11) is 0. The molecule has 2 aromatic carbocycles. The van der Waals surface area contributed by atoms with Gasteiger partial charge in [0.15, 0.2) is 24.1 Å². The molecule has 0 saturated heterocycles. The van der Waals surface area contributed by atoms with Crippen molar-refractivity contribution in [3.8, 4) is 11.5 Å². The average molecular weight is 343 g/mol. The first-order valence-corrected chi connectivity index (χ1v) is 6.79. The summed E-state index contributed by atoms with van der Waals surface area (Å²) in [5, 5.41) is 11.3. The normalized spacial score (nSPS) is 12.5. The molecule has 1 amide bonds. The third kappa shape index (κ3) is 4.61. The molecule has 0 unspecified atom stereocenters. The van der Waals surface area contributed by atoms with Gasteiger partial charge in [0.25, 0.3) is 5.91 Å². The molecule has 2 rings (SSSR count). The van der Waals surface area contributed by atoms with Crippen LogP contribution in [0.25, 0.3) is 0 Å². The highest BCUT2D eigenvalue weighted by molar-refractivity contribution is 5.78. The van der Waals surface area contributed by atoms with E-state index >= 15 is 0 Å². The fraction of sp³-hybridized carbons (Fsp3) is 0.188. The molecule has 128 valence electrons. The van der Waals surface area contributed by atoms with Gasteiger partial charge in [0.2, 0.25) is 0 Å². The molecule has 1 atom stereocenters. The molecule has 0 radical (unpaired) electrons. The second-order valence-corrected chi connectivity index (χ2v) is 4.85. The number of hydrogen-bond acceptors (Lipinski definition) is 3. The Bertz CT molecular complexity index is 701. The highest BCUT2D eigenvalue weighted by Gasteiger charge is 2.41. The molecule has 0 saturated carbocycles. The number of phenolic OH excluding ortho intramolecular Hbond substituents is 1. The van der Waals surface area contributed by atoms with E-state index in [1.54, 1.807) is 5.32 Å². The van der Waals surface area contributed by atoms with E-state index in [0.29, 0.717) is 0 Å². The Kier molecular flexibility index (Phi) is 5.28. The van der Waals surface area contributed by atoms with Crippen LogP contribution < -0.4 is 10.1 Å². The number of ether oxygens (including phenoxy) is 1. The molecule has 0 aromatic heterocycles. The molecule has 0 spiro atoms. The molecule has 0 aliphatic carbocycles. The number of rotatable bonds is 5. The van der Waals surface area contributed by atoms with Crippen LogP contribution in [0.3, 0.4) is 0 Å². The number of alkyl halides is 3. The van der Waals surface area contributed by atoms with E-state index in [1.165, 1.54) is 24.3 Å². The summed E-state index contributed by atoms with van der Waals surface area (Å²) in [6, 6.07) is 7.07. The van der Waals surface area contributed by atoms with Crippen molar-refractivity contribution in [1.82, 2.24) is 5.32 Å². The van der Waals surface area contributed by atoms with Crippen molar-refractivity contribution in [2.75, 3.05) is 6.61 Å². The zero-order chi connectivity index (χ0) is 17.7. The minimum atomic E-state index is -4.76. The summed E-state index contributed by atoms with van der Waals surface area (Å²) in [4.78, 5) is 11.7. The number of para-hydroxylation sites is 2. The molecule has 0 aliphatic rings. The third-order valence-electron chi connectivity index (χ3n) is 3.06. The summed E-state index contributed by atoms with van der Waals surface area (Å²) in [6.07, 6.45) is -4.76. The Morgan fingerprint density at radius 1 is 1.12 bits per heavy atom. The number of halogens is 4. The van der Waals surface area contributed by atoms with Crippen LogP contribution in [0.4, 0.5) is 17.6 Å². The lowest BCUT2D eigenvalue weighted by Gasteiger charge is -2.22. The lowest BCUT2D eigenvalue weighted by Crippen LogP contribution is -2.40. The molecular formula is C16H13F4NO3. The fourth-order valence-electron chi connectivity index (χ4n) is 1.93. The van der Waals surface area contributed by atoms with E-state index in [0.717, 1.165) is 24.3 Å². The van der Waals surface area contributed by atoms with Crippen LogP contribution >= 0.6 is 0 Å². The number of phenols is 1. The first-order chi connectivity index (χ1) is 11.3. The van der Waals surface area contributed by atoms with Gasteiger partial charge in [-0.15, -0.1) is 0 Å². The largest absolute Gasteiger partial charge is 0.504 e. The number of nitrogens with one attached hydrogen (secondary N) is 1. The second-order valence-electron chi connectivity index (χ2n) is 4.85. The van der Waals surface area contributed by atoms with Gasteiger partial charge in [-0.3, -0.25) is 4.79 Å². The number of carbonyl (C=O) groups is 1. The van der Waals surface area contributed by atoms with Crippen molar-refractivity contribution in [3.63, 3.8) is 0 Å². The maximum Gasteiger partial charge on any atom is 0.412 e. The van der Waals surface area contributed by atoms with Crippen LogP contribution in [0.1, 0.15) is 11.6 Å². The van der Waals surface area contributed by atoms with Crippen LogP contribution in [0.5, 0.6) is 11.5 Å². The first kappa shape index (κ1) is 17.6. The van der Waals surface area contributed by atoms with E-state index in [9.17, 15) is 27.5 Å². The smallest absolute Gasteiger partial charge is 0.412 e. The molecule has 4 nitrogen and oxygen atoms in total. The van der Waals surface area contributed by atoms with Crippen LogP contribution in [-0.4, -0.2) is 23.8 Å². The van der Waals surface area contributed by atoms with Gasteiger partial charge in [0.05, 0.1) is 0 Å². The van der Waals surface area contributed by atoms with Crippen LogP contribution in [0.2, 0.25) is 0 Å². The molecule has 24 heavy (non-hydrogen) atoms. The summed E-state index contributed by atoms with van der Waals surface area (Å²) < 4.78 is 57.1. The number of carbonyl (C=O) groups excluding carboxylic acids is 1. The highest BCUT2D eigenvalue weighted by atomic mass is 19.4. The number of benzene rings is 2. The van der Waals surface area contributed by atoms with Gasteiger partial charge >= 0.3 is 6.18 Å². The Hall–Kier alpha value is -2.77. The molecule has 0 heterocycles. The minimum Gasteiger partial charge on any atom is -0.504 e. The van der Waals surface area contributed by atoms with E-state index in [1.807, 2.05) is 0 Å². The van der Waals surface area contributed by atoms with Crippen molar-refractivity contribution in [2.45, 2.75) is 12.2 Å². The van der Waals surface area contributed by atoms with Gasteiger partial charge in [-0.1, -0.05) is 24.3 Å². The SMILES string of the molecule is O=C(COc1ccccc1O)N[C@@H](c1ccc(F)cc1)C(F)(F)F. The topological polar surface area (TPSA) is 58.6 Å². The molecule has 0 fully saturated rings. The molecule has 2 N–H and O–H groups in total. The van der Waals surface area contributed by atoms with E-state index < -0.39 is 30.5 Å². The van der Waals surface area contributed by atoms with E-state index in [4.69, 9.17) is 4.74 Å². The van der Waals surface area contributed by atoms with E-state index in [2.05, 4.69) is 0 Å². The van der Waals surface area contributed by atoms with Crippen molar-refractivity contribution in [1.29, 1.82) is 0 Å². The maximum absolute atomic E-state index is 13.1. The Labute approximate surface area is 134 Å².